The minimum absolute atomic E-state index is 0.0244. The van der Waals surface area contributed by atoms with E-state index in [0.29, 0.717) is 11.3 Å². The van der Waals surface area contributed by atoms with Crippen LogP contribution in [0.25, 0.3) is 0 Å². The maximum Gasteiger partial charge on any atom is 0.270 e. The minimum atomic E-state index is -3.71. The topological polar surface area (TPSA) is 115 Å². The van der Waals surface area contributed by atoms with Gasteiger partial charge < -0.3 is 0 Å². The molecule has 0 aliphatic rings. The molecule has 0 aliphatic carbocycles. The summed E-state index contributed by atoms with van der Waals surface area (Å²) >= 11 is 1.18. The highest BCUT2D eigenvalue weighted by atomic mass is 32.2. The summed E-state index contributed by atoms with van der Waals surface area (Å²) in [6.45, 7) is 0. The normalized spacial score (nSPS) is 11.5. The number of hydrogen-bond acceptors (Lipinski definition) is 7. The fraction of sp³-hybridized carbons (Fsp3) is 0. The van der Waals surface area contributed by atoms with Gasteiger partial charge in [-0.05, 0) is 29.8 Å². The van der Waals surface area contributed by atoms with Gasteiger partial charge in [-0.25, -0.2) is 13.4 Å². The van der Waals surface area contributed by atoms with E-state index >= 15 is 0 Å². The Bertz CT molecular complexity index is 1050. The average Bonchev–Trinajstić information content (AvgIpc) is 3.13. The molecule has 0 atom stereocenters. The summed E-state index contributed by atoms with van der Waals surface area (Å²) < 4.78 is 26.9. The molecule has 3 rings (SSSR count). The van der Waals surface area contributed by atoms with Crippen LogP contribution in [0.5, 0.6) is 0 Å². The van der Waals surface area contributed by atoms with Crippen molar-refractivity contribution in [3.63, 3.8) is 0 Å². The number of benzene rings is 2. The Labute approximate surface area is 153 Å². The van der Waals surface area contributed by atoms with Gasteiger partial charge in [0, 0.05) is 29.9 Å². The molecule has 26 heavy (non-hydrogen) atoms. The van der Waals surface area contributed by atoms with E-state index in [1.54, 1.807) is 29.6 Å². The lowest BCUT2D eigenvalue weighted by Gasteiger charge is -2.05. The van der Waals surface area contributed by atoms with Crippen molar-refractivity contribution in [2.24, 2.45) is 4.99 Å². The molecule has 0 amide bonds. The van der Waals surface area contributed by atoms with Gasteiger partial charge in [0.15, 0.2) is 5.13 Å². The average molecular weight is 388 g/mol. The van der Waals surface area contributed by atoms with E-state index in [1.807, 2.05) is 0 Å². The molecule has 8 nitrogen and oxygen atoms in total. The monoisotopic (exact) mass is 388 g/mol. The molecule has 132 valence electrons. The number of sulfonamides is 1. The number of hydrogen-bond donors (Lipinski definition) is 1. The molecule has 1 N–H and O–H groups in total. The van der Waals surface area contributed by atoms with Gasteiger partial charge in [-0.15, -0.1) is 11.3 Å². The Morgan fingerprint density at radius 3 is 2.62 bits per heavy atom. The predicted molar refractivity (Wildman–Crippen MR) is 99.7 cm³/mol. The van der Waals surface area contributed by atoms with E-state index in [0.717, 1.165) is 0 Å². The summed E-state index contributed by atoms with van der Waals surface area (Å²) in [4.78, 5) is 18.5. The zero-order valence-corrected chi connectivity index (χ0v) is 14.8. The van der Waals surface area contributed by atoms with E-state index in [2.05, 4.69) is 14.7 Å². The van der Waals surface area contributed by atoms with Crippen LogP contribution < -0.4 is 4.72 Å². The van der Waals surface area contributed by atoms with E-state index < -0.39 is 14.9 Å². The van der Waals surface area contributed by atoms with Crippen LogP contribution in [0.4, 0.5) is 16.5 Å². The molecular formula is C16H12N4O4S2. The summed E-state index contributed by atoms with van der Waals surface area (Å²) in [7, 11) is -3.71. The Morgan fingerprint density at radius 1 is 1.19 bits per heavy atom. The Balaban J connectivity index is 1.75. The fourth-order valence-electron chi connectivity index (χ4n) is 2.03. The summed E-state index contributed by atoms with van der Waals surface area (Å²) in [5.41, 5.74) is 1.06. The maximum absolute atomic E-state index is 12.2. The van der Waals surface area contributed by atoms with Gasteiger partial charge in [-0.2, -0.15) is 0 Å². The van der Waals surface area contributed by atoms with Gasteiger partial charge in [0.1, 0.15) is 0 Å². The number of nitrogens with one attached hydrogen (secondary N) is 1. The molecular weight excluding hydrogens is 376 g/mol. The Hall–Kier alpha value is -3.11. The van der Waals surface area contributed by atoms with Crippen LogP contribution in [-0.4, -0.2) is 24.5 Å². The van der Waals surface area contributed by atoms with Crippen LogP contribution in [0.2, 0.25) is 0 Å². The van der Waals surface area contributed by atoms with Crippen LogP contribution in [-0.2, 0) is 10.0 Å². The highest BCUT2D eigenvalue weighted by Gasteiger charge is 2.15. The van der Waals surface area contributed by atoms with Crippen molar-refractivity contribution in [3.05, 3.63) is 75.8 Å². The first-order valence-electron chi connectivity index (χ1n) is 7.25. The zero-order valence-electron chi connectivity index (χ0n) is 13.1. The molecule has 0 saturated carbocycles. The smallest absolute Gasteiger partial charge is 0.258 e. The van der Waals surface area contributed by atoms with E-state index in [-0.39, 0.29) is 15.7 Å². The van der Waals surface area contributed by atoms with Crippen molar-refractivity contribution in [1.29, 1.82) is 0 Å². The largest absolute Gasteiger partial charge is 0.270 e. The molecule has 2 aromatic carbocycles. The van der Waals surface area contributed by atoms with Crippen molar-refractivity contribution in [1.82, 2.24) is 4.98 Å². The standard InChI is InChI=1S/C16H12N4O4S2/c21-20(22)14-3-1-2-12(10-14)11-18-13-4-6-15(7-5-13)26(23,24)19-16-17-8-9-25-16/h1-11H,(H,17,19)/b18-11+. The molecule has 1 heterocycles. The zero-order chi connectivity index (χ0) is 18.6. The number of nitro groups is 1. The molecule has 0 bridgehead atoms. The van der Waals surface area contributed by atoms with Gasteiger partial charge in [0.2, 0.25) is 0 Å². The molecule has 0 unspecified atom stereocenters. The van der Waals surface area contributed by atoms with Gasteiger partial charge in [-0.1, -0.05) is 12.1 Å². The lowest BCUT2D eigenvalue weighted by molar-refractivity contribution is -0.384. The third-order valence-corrected chi connectivity index (χ3v) is 5.42. The number of aromatic nitrogens is 1. The molecule has 0 spiro atoms. The second-order valence-corrected chi connectivity index (χ2v) is 7.62. The molecule has 0 aliphatic heterocycles. The summed E-state index contributed by atoms with van der Waals surface area (Å²) in [6, 6.07) is 12.0. The van der Waals surface area contributed by atoms with Crippen molar-refractivity contribution < 1.29 is 13.3 Å². The van der Waals surface area contributed by atoms with Crippen LogP contribution in [0, 0.1) is 10.1 Å². The predicted octanol–water partition coefficient (Wildman–Crippen LogP) is 3.60. The van der Waals surface area contributed by atoms with Crippen molar-refractivity contribution in [2.75, 3.05) is 4.72 Å². The lowest BCUT2D eigenvalue weighted by Crippen LogP contribution is -2.12. The Morgan fingerprint density at radius 2 is 1.96 bits per heavy atom. The third kappa shape index (κ3) is 4.29. The number of non-ortho nitro benzene ring substituents is 1. The Kier molecular flexibility index (Phi) is 5.05. The second kappa shape index (κ2) is 7.42. The molecule has 1 aromatic heterocycles. The number of nitro benzene ring substituents is 1. The molecule has 0 fully saturated rings. The van der Waals surface area contributed by atoms with Crippen molar-refractivity contribution in [3.8, 4) is 0 Å². The molecule has 0 saturated heterocycles. The van der Waals surface area contributed by atoms with E-state index in [4.69, 9.17) is 0 Å². The van der Waals surface area contributed by atoms with Gasteiger partial charge in [0.25, 0.3) is 15.7 Å². The van der Waals surface area contributed by atoms with Crippen molar-refractivity contribution >= 4 is 44.1 Å². The number of thiazole rings is 1. The SMILES string of the molecule is O=[N+]([O-])c1cccc(/C=N/c2ccc(S(=O)(=O)Nc3nccs3)cc2)c1. The van der Waals surface area contributed by atoms with Gasteiger partial charge >= 0.3 is 0 Å². The minimum Gasteiger partial charge on any atom is -0.258 e. The second-order valence-electron chi connectivity index (χ2n) is 5.05. The summed E-state index contributed by atoms with van der Waals surface area (Å²) in [6.07, 6.45) is 2.98. The third-order valence-electron chi connectivity index (χ3n) is 3.24. The number of nitrogens with zero attached hydrogens (tertiary/aromatic N) is 3. The van der Waals surface area contributed by atoms with Gasteiger partial charge in [-0.3, -0.25) is 19.8 Å². The van der Waals surface area contributed by atoms with Gasteiger partial charge in [0.05, 0.1) is 15.5 Å². The first-order chi connectivity index (χ1) is 12.4. The highest BCUT2D eigenvalue weighted by Crippen LogP contribution is 2.21. The van der Waals surface area contributed by atoms with Crippen LogP contribution in [0.3, 0.4) is 0 Å². The highest BCUT2D eigenvalue weighted by molar-refractivity contribution is 7.93. The van der Waals surface area contributed by atoms with Crippen LogP contribution in [0.1, 0.15) is 5.56 Å². The summed E-state index contributed by atoms with van der Waals surface area (Å²) in [5, 5.41) is 12.7. The van der Waals surface area contributed by atoms with Crippen molar-refractivity contribution in [2.45, 2.75) is 4.90 Å². The molecule has 0 radical (unpaired) electrons. The quantitative estimate of drug-likeness (QED) is 0.393. The van der Waals surface area contributed by atoms with Crippen LogP contribution in [0.15, 0.2) is 70.0 Å². The molecule has 3 aromatic rings. The number of rotatable bonds is 6. The summed E-state index contributed by atoms with van der Waals surface area (Å²) in [5.74, 6) is 0. The van der Waals surface area contributed by atoms with Crippen LogP contribution >= 0.6 is 11.3 Å². The van der Waals surface area contributed by atoms with E-state index in [1.165, 1.54) is 48.0 Å². The van der Waals surface area contributed by atoms with E-state index in [9.17, 15) is 18.5 Å². The first kappa shape index (κ1) is 17.7. The fourth-order valence-corrected chi connectivity index (χ4v) is 3.82. The molecule has 10 heteroatoms. The number of aliphatic imine (C=N–C) groups is 1. The first-order valence-corrected chi connectivity index (χ1v) is 9.61. The maximum atomic E-state index is 12.2. The number of anilines is 1. The lowest BCUT2D eigenvalue weighted by atomic mass is 10.2.